The molecule has 1 heteroatoms. The first-order chi connectivity index (χ1) is 2.50. The van der Waals surface area contributed by atoms with E-state index in [0.717, 1.165) is 0 Å². The molecule has 0 bridgehead atoms. The number of hydrogen-bond acceptors (Lipinski definition) is 0. The quantitative estimate of drug-likeness (QED) is 0.533. The largest absolute Gasteiger partial charge is 0.328 e. The van der Waals surface area contributed by atoms with Crippen LogP contribution in [0.4, 0.5) is 0 Å². The van der Waals surface area contributed by atoms with Crippen LogP contribution in [0, 0.1) is 48.2 Å². The van der Waals surface area contributed by atoms with Crippen LogP contribution in [0.1, 0.15) is 25.7 Å². The molecule has 0 amide bonds. The maximum absolute atomic E-state index is 2.36. The Morgan fingerprint density at radius 3 is 1.67 bits per heavy atom. The van der Waals surface area contributed by atoms with Gasteiger partial charge in [0.25, 0.3) is 0 Å². The van der Waals surface area contributed by atoms with Crippen molar-refractivity contribution in [3.63, 3.8) is 0 Å². The maximum atomic E-state index is 2.36. The van der Waals surface area contributed by atoms with Gasteiger partial charge in [-0.15, -0.1) is 0 Å². The standard InChI is InChI=1S/C5H9.Ce/c1-2-4-5-3-1;/h1H,2-5H2;/q-1;. The summed E-state index contributed by atoms with van der Waals surface area (Å²) >= 11 is 0. The second-order valence-electron chi connectivity index (χ2n) is 1.57. The van der Waals surface area contributed by atoms with Gasteiger partial charge in [-0.1, -0.05) is 12.8 Å². The number of hydrogen-bond donors (Lipinski definition) is 0. The Morgan fingerprint density at radius 1 is 1.00 bits per heavy atom. The molecule has 0 radical (unpaired) electrons. The summed E-state index contributed by atoms with van der Waals surface area (Å²) in [7, 11) is 0. The zero-order valence-corrected chi connectivity index (χ0v) is 7.05. The van der Waals surface area contributed by atoms with E-state index in [0.29, 0.717) is 0 Å². The monoisotopic (exact) mass is 209 g/mol. The van der Waals surface area contributed by atoms with Gasteiger partial charge in [0, 0.05) is 41.7 Å². The molecule has 0 unspecified atom stereocenters. The van der Waals surface area contributed by atoms with E-state index in [2.05, 4.69) is 6.42 Å². The SMILES string of the molecule is [CH-]1CCCC1.[Ce]. The van der Waals surface area contributed by atoms with Crippen LogP contribution in [-0.2, 0) is 0 Å². The molecule has 0 nitrogen and oxygen atoms in total. The van der Waals surface area contributed by atoms with E-state index in [1.807, 2.05) is 0 Å². The van der Waals surface area contributed by atoms with Gasteiger partial charge in [-0.05, 0) is 0 Å². The molecule has 0 heterocycles. The summed E-state index contributed by atoms with van der Waals surface area (Å²) in [5.41, 5.74) is 0. The second-order valence-corrected chi connectivity index (χ2v) is 1.57. The third kappa shape index (κ3) is 2.53. The van der Waals surface area contributed by atoms with Crippen LogP contribution in [0.5, 0.6) is 0 Å². The molecule has 1 fully saturated rings. The molecule has 0 saturated heterocycles. The van der Waals surface area contributed by atoms with E-state index >= 15 is 0 Å². The Kier molecular flexibility index (Phi) is 5.57. The Morgan fingerprint density at radius 2 is 1.50 bits per heavy atom. The fourth-order valence-electron chi connectivity index (χ4n) is 0.722. The predicted molar refractivity (Wildman–Crippen MR) is 22.8 cm³/mol. The first-order valence-electron chi connectivity index (χ1n) is 2.32. The van der Waals surface area contributed by atoms with E-state index in [9.17, 15) is 0 Å². The molecule has 0 aromatic carbocycles. The van der Waals surface area contributed by atoms with Crippen LogP contribution in [0.2, 0.25) is 0 Å². The van der Waals surface area contributed by atoms with Crippen molar-refractivity contribution in [1.29, 1.82) is 0 Å². The van der Waals surface area contributed by atoms with Gasteiger partial charge in [0.1, 0.15) is 0 Å². The average molecular weight is 209 g/mol. The minimum absolute atomic E-state index is 0. The van der Waals surface area contributed by atoms with Crippen molar-refractivity contribution in [1.82, 2.24) is 0 Å². The van der Waals surface area contributed by atoms with Gasteiger partial charge in [0.2, 0.25) is 0 Å². The molecule has 1 aliphatic carbocycles. The molecule has 0 atom stereocenters. The third-order valence-electron chi connectivity index (χ3n) is 1.07. The molecule has 1 rings (SSSR count). The van der Waals surface area contributed by atoms with E-state index in [1.54, 1.807) is 0 Å². The maximum Gasteiger partial charge on any atom is 0 e. The summed E-state index contributed by atoms with van der Waals surface area (Å²) in [5, 5.41) is 0. The summed E-state index contributed by atoms with van der Waals surface area (Å²) in [6.45, 7) is 0. The van der Waals surface area contributed by atoms with Crippen molar-refractivity contribution in [2.24, 2.45) is 0 Å². The van der Waals surface area contributed by atoms with E-state index in [1.165, 1.54) is 25.7 Å². The van der Waals surface area contributed by atoms with Crippen LogP contribution >= 0.6 is 0 Å². The van der Waals surface area contributed by atoms with Crippen molar-refractivity contribution in [3.8, 4) is 0 Å². The average Bonchev–Trinajstić information content (AvgIpc) is 1.76. The third-order valence-corrected chi connectivity index (χ3v) is 1.07. The molecule has 1 aliphatic rings. The molecule has 34 valence electrons. The van der Waals surface area contributed by atoms with Gasteiger partial charge in [-0.2, -0.15) is 12.8 Å². The first-order valence-corrected chi connectivity index (χ1v) is 2.32. The molecule has 0 aliphatic heterocycles. The summed E-state index contributed by atoms with van der Waals surface area (Å²) in [4.78, 5) is 0. The van der Waals surface area contributed by atoms with Crippen molar-refractivity contribution < 1.29 is 41.7 Å². The Hall–Kier alpha value is 1.38. The van der Waals surface area contributed by atoms with Crippen LogP contribution < -0.4 is 0 Å². The zero-order valence-electron chi connectivity index (χ0n) is 3.91. The van der Waals surface area contributed by atoms with Crippen LogP contribution in [0.25, 0.3) is 0 Å². The van der Waals surface area contributed by atoms with Gasteiger partial charge < -0.3 is 6.42 Å². The molecule has 0 N–H and O–H groups in total. The molecular formula is C5H9Ce-. The van der Waals surface area contributed by atoms with Gasteiger partial charge in [0.15, 0.2) is 0 Å². The van der Waals surface area contributed by atoms with Gasteiger partial charge in [-0.3, -0.25) is 0 Å². The van der Waals surface area contributed by atoms with Crippen molar-refractivity contribution in [2.75, 3.05) is 0 Å². The molecule has 0 spiro atoms. The summed E-state index contributed by atoms with van der Waals surface area (Å²) in [6, 6.07) is 0. The van der Waals surface area contributed by atoms with Crippen molar-refractivity contribution >= 4 is 0 Å². The molecular weight excluding hydrogens is 200 g/mol. The smallest absolute Gasteiger partial charge is 0 e. The van der Waals surface area contributed by atoms with E-state index < -0.39 is 0 Å². The van der Waals surface area contributed by atoms with Gasteiger partial charge in [0.05, 0.1) is 0 Å². The Balaban J connectivity index is 0.000000250. The topological polar surface area (TPSA) is 0 Å². The van der Waals surface area contributed by atoms with Crippen LogP contribution in [0.3, 0.4) is 0 Å². The molecule has 1 saturated carbocycles. The van der Waals surface area contributed by atoms with Crippen LogP contribution in [0.15, 0.2) is 0 Å². The molecule has 6 heavy (non-hydrogen) atoms. The normalized spacial score (nSPS) is 20.0. The Bertz CT molecular complexity index is 15.5. The summed E-state index contributed by atoms with van der Waals surface area (Å²) in [6.07, 6.45) is 8.00. The fraction of sp³-hybridized carbons (Fsp3) is 0.800. The first kappa shape index (κ1) is 7.38. The minimum Gasteiger partial charge on any atom is -0.328 e. The van der Waals surface area contributed by atoms with Crippen LogP contribution in [-0.4, -0.2) is 0 Å². The fourth-order valence-corrected chi connectivity index (χ4v) is 0.722. The minimum atomic E-state index is 0. The Labute approximate surface area is 73.1 Å². The van der Waals surface area contributed by atoms with Gasteiger partial charge >= 0.3 is 0 Å². The zero-order chi connectivity index (χ0) is 3.54. The molecule has 0 aromatic heterocycles. The van der Waals surface area contributed by atoms with Crippen molar-refractivity contribution in [3.05, 3.63) is 6.42 Å². The number of rotatable bonds is 0. The van der Waals surface area contributed by atoms with E-state index in [4.69, 9.17) is 0 Å². The summed E-state index contributed by atoms with van der Waals surface area (Å²) in [5.74, 6) is 0. The second kappa shape index (κ2) is 4.53. The molecule has 0 aromatic rings. The van der Waals surface area contributed by atoms with E-state index in [-0.39, 0.29) is 41.7 Å². The predicted octanol–water partition coefficient (Wildman–Crippen LogP) is 1.76. The summed E-state index contributed by atoms with van der Waals surface area (Å²) < 4.78 is 0. The van der Waals surface area contributed by atoms with Gasteiger partial charge in [-0.25, -0.2) is 0 Å². The van der Waals surface area contributed by atoms with Crippen molar-refractivity contribution in [2.45, 2.75) is 25.7 Å².